The van der Waals surface area contributed by atoms with Crippen molar-refractivity contribution in [2.24, 2.45) is 5.41 Å². The van der Waals surface area contributed by atoms with Gasteiger partial charge in [0.15, 0.2) is 5.82 Å². The van der Waals surface area contributed by atoms with Gasteiger partial charge in [-0.1, -0.05) is 52.0 Å². The first-order chi connectivity index (χ1) is 18.4. The molecular weight excluding hydrogens is 488 g/mol. The van der Waals surface area contributed by atoms with Crippen molar-refractivity contribution in [2.45, 2.75) is 77.4 Å². The van der Waals surface area contributed by atoms with Crippen LogP contribution in [0, 0.1) is 5.41 Å². The Bertz CT molecular complexity index is 1360. The van der Waals surface area contributed by atoms with Crippen molar-refractivity contribution in [1.29, 1.82) is 0 Å². The van der Waals surface area contributed by atoms with Crippen molar-refractivity contribution >= 4 is 5.91 Å². The second-order valence-electron chi connectivity index (χ2n) is 12.8. The molecule has 0 bridgehead atoms. The normalized spacial score (nSPS) is 23.0. The van der Waals surface area contributed by atoms with Crippen LogP contribution in [0.4, 0.5) is 0 Å². The topological polar surface area (TPSA) is 96.2 Å². The van der Waals surface area contributed by atoms with E-state index in [1.54, 1.807) is 12.4 Å². The number of hydrogen-bond acceptors (Lipinski definition) is 6. The van der Waals surface area contributed by atoms with Gasteiger partial charge < -0.3 is 15.3 Å². The van der Waals surface area contributed by atoms with Gasteiger partial charge in [-0.3, -0.25) is 9.78 Å². The summed E-state index contributed by atoms with van der Waals surface area (Å²) < 4.78 is 1.94. The van der Waals surface area contributed by atoms with Crippen LogP contribution in [-0.2, 0) is 15.8 Å². The van der Waals surface area contributed by atoms with Gasteiger partial charge in [-0.25, -0.2) is 9.67 Å². The average molecular weight is 531 g/mol. The molecule has 2 aliphatic heterocycles. The zero-order valence-electron chi connectivity index (χ0n) is 24.3. The molecule has 208 valence electrons. The first kappa shape index (κ1) is 27.5. The molecule has 2 aliphatic rings. The minimum absolute atomic E-state index is 0.0412. The summed E-state index contributed by atoms with van der Waals surface area (Å²) in [6, 6.07) is 10.4. The van der Waals surface area contributed by atoms with Gasteiger partial charge in [-0.2, -0.15) is 5.10 Å². The fourth-order valence-corrected chi connectivity index (χ4v) is 6.50. The number of carbonyl (C=O) groups is 1. The van der Waals surface area contributed by atoms with Crippen LogP contribution in [0.3, 0.4) is 0 Å². The molecule has 2 N–H and O–H groups in total. The van der Waals surface area contributed by atoms with E-state index in [2.05, 4.69) is 88.1 Å². The van der Waals surface area contributed by atoms with Gasteiger partial charge in [0.05, 0.1) is 0 Å². The first-order valence-electron chi connectivity index (χ1n) is 14.1. The van der Waals surface area contributed by atoms with Crippen LogP contribution in [0.1, 0.15) is 88.9 Å². The molecule has 2 unspecified atom stereocenters. The Labute approximate surface area is 231 Å². The van der Waals surface area contributed by atoms with Crippen molar-refractivity contribution in [1.82, 2.24) is 30.0 Å². The lowest BCUT2D eigenvalue weighted by atomic mass is 9.62. The van der Waals surface area contributed by atoms with Gasteiger partial charge >= 0.3 is 0 Å². The molecule has 8 nitrogen and oxygen atoms in total. The second-order valence-corrected chi connectivity index (χ2v) is 12.8. The number of piperidine rings is 1. The predicted molar refractivity (Wildman–Crippen MR) is 152 cm³/mol. The number of nitrogens with zero attached hydrogens (tertiary/aromatic N) is 5. The smallest absolute Gasteiger partial charge is 0.221 e. The molecule has 0 spiro atoms. The molecule has 4 heterocycles. The molecule has 0 saturated carbocycles. The van der Waals surface area contributed by atoms with E-state index < -0.39 is 11.0 Å². The number of rotatable bonds is 7. The van der Waals surface area contributed by atoms with Crippen molar-refractivity contribution in [3.05, 3.63) is 65.2 Å². The van der Waals surface area contributed by atoms with Crippen molar-refractivity contribution < 1.29 is 9.90 Å². The van der Waals surface area contributed by atoms with E-state index >= 15 is 0 Å². The number of carbonyl (C=O) groups excluding carboxylic acids is 1. The Morgan fingerprint density at radius 2 is 1.74 bits per heavy atom. The van der Waals surface area contributed by atoms with Crippen LogP contribution in [-0.4, -0.2) is 62.3 Å². The summed E-state index contributed by atoms with van der Waals surface area (Å²) in [7, 11) is 2.08. The number of aromatic nitrogens is 4. The van der Waals surface area contributed by atoms with Gasteiger partial charge in [0, 0.05) is 66.4 Å². The summed E-state index contributed by atoms with van der Waals surface area (Å²) in [6.45, 7) is 14.9. The monoisotopic (exact) mass is 530 g/mol. The molecule has 2 saturated heterocycles. The standard InChI is InChI=1S/C31H42N6O2/c1-20(2)22-8-10-24(11-9-22)31(39,30(6)18-36(7)19-30)25-14-23(16-32-17-25)27-34-28(37(35-27)21(3)4)29(5)12-13-33-26(38)15-29/h8-11,14,16-17,20-21,39H,12-13,15,18-19H2,1-7H3,(H,33,38). The maximum Gasteiger partial charge on any atom is 0.221 e. The third kappa shape index (κ3) is 4.67. The highest BCUT2D eigenvalue weighted by Crippen LogP contribution is 2.50. The Balaban J connectivity index is 1.60. The van der Waals surface area contributed by atoms with E-state index in [1.807, 2.05) is 10.7 Å². The van der Waals surface area contributed by atoms with E-state index in [9.17, 15) is 9.90 Å². The fourth-order valence-electron chi connectivity index (χ4n) is 6.50. The number of benzene rings is 1. The zero-order valence-corrected chi connectivity index (χ0v) is 24.3. The summed E-state index contributed by atoms with van der Waals surface area (Å²) in [4.78, 5) is 24.1. The highest BCUT2D eigenvalue weighted by molar-refractivity contribution is 5.78. The number of hydrogen-bond donors (Lipinski definition) is 2. The number of likely N-dealkylation sites (tertiary alicyclic amines) is 1. The fraction of sp³-hybridized carbons (Fsp3) is 0.548. The summed E-state index contributed by atoms with van der Waals surface area (Å²) in [5.41, 5.74) is 1.57. The average Bonchev–Trinajstić information content (AvgIpc) is 3.35. The van der Waals surface area contributed by atoms with E-state index in [0.29, 0.717) is 24.7 Å². The molecule has 2 aromatic heterocycles. The molecule has 8 heteroatoms. The predicted octanol–water partition coefficient (Wildman–Crippen LogP) is 4.40. The van der Waals surface area contributed by atoms with E-state index in [0.717, 1.165) is 42.0 Å². The van der Waals surface area contributed by atoms with Crippen LogP contribution < -0.4 is 5.32 Å². The first-order valence-corrected chi connectivity index (χ1v) is 14.1. The van der Waals surface area contributed by atoms with Gasteiger partial charge in [-0.15, -0.1) is 0 Å². The highest BCUT2D eigenvalue weighted by atomic mass is 16.3. The summed E-state index contributed by atoms with van der Waals surface area (Å²) in [6.07, 6.45) is 4.73. The molecule has 5 rings (SSSR count). The van der Waals surface area contributed by atoms with Crippen LogP contribution in [0.15, 0.2) is 42.7 Å². The number of aliphatic hydroxyl groups is 1. The third-order valence-corrected chi connectivity index (χ3v) is 8.73. The van der Waals surface area contributed by atoms with Crippen LogP contribution >= 0.6 is 0 Å². The SMILES string of the molecule is CC(C)c1ccc(C(O)(c2cncc(-c3nc(C4(C)CCNC(=O)C4)n(C(C)C)n3)c2)C2(C)CN(C)C2)cc1. The van der Waals surface area contributed by atoms with Crippen LogP contribution in [0.25, 0.3) is 11.4 Å². The summed E-state index contributed by atoms with van der Waals surface area (Å²) >= 11 is 0. The number of pyridine rings is 1. The van der Waals surface area contributed by atoms with Gasteiger partial charge in [0.2, 0.25) is 5.91 Å². The molecule has 1 amide bonds. The van der Waals surface area contributed by atoms with Gasteiger partial charge in [-0.05, 0) is 50.4 Å². The van der Waals surface area contributed by atoms with E-state index in [4.69, 9.17) is 10.1 Å². The zero-order chi connectivity index (χ0) is 28.2. The van der Waals surface area contributed by atoms with Crippen molar-refractivity contribution in [2.75, 3.05) is 26.7 Å². The Kier molecular flexibility index (Phi) is 6.92. The molecule has 0 aliphatic carbocycles. The molecule has 2 atom stereocenters. The second kappa shape index (κ2) is 9.82. The van der Waals surface area contributed by atoms with Gasteiger partial charge in [0.25, 0.3) is 0 Å². The highest BCUT2D eigenvalue weighted by Gasteiger charge is 2.55. The molecule has 39 heavy (non-hydrogen) atoms. The molecule has 2 fully saturated rings. The molecule has 3 aromatic rings. The third-order valence-electron chi connectivity index (χ3n) is 8.73. The minimum atomic E-state index is -1.24. The number of nitrogens with one attached hydrogen (secondary N) is 1. The van der Waals surface area contributed by atoms with Crippen molar-refractivity contribution in [3.63, 3.8) is 0 Å². The largest absolute Gasteiger partial charge is 0.380 e. The summed E-state index contributed by atoms with van der Waals surface area (Å²) in [5.74, 6) is 1.84. The van der Waals surface area contributed by atoms with Crippen LogP contribution in [0.5, 0.6) is 0 Å². The Morgan fingerprint density at radius 1 is 1.05 bits per heavy atom. The van der Waals surface area contributed by atoms with Crippen molar-refractivity contribution in [3.8, 4) is 11.4 Å². The van der Waals surface area contributed by atoms with E-state index in [1.165, 1.54) is 5.56 Å². The lowest BCUT2D eigenvalue weighted by Gasteiger charge is -2.55. The lowest BCUT2D eigenvalue weighted by Crippen LogP contribution is -2.63. The van der Waals surface area contributed by atoms with Gasteiger partial charge in [0.1, 0.15) is 11.4 Å². The molecule has 1 aromatic carbocycles. The quantitative estimate of drug-likeness (QED) is 0.470. The number of amides is 1. The molecular formula is C31H42N6O2. The van der Waals surface area contributed by atoms with Crippen LogP contribution in [0.2, 0.25) is 0 Å². The minimum Gasteiger partial charge on any atom is -0.380 e. The Morgan fingerprint density at radius 3 is 2.33 bits per heavy atom. The van der Waals surface area contributed by atoms with E-state index in [-0.39, 0.29) is 17.4 Å². The lowest BCUT2D eigenvalue weighted by molar-refractivity contribution is -0.127. The summed E-state index contributed by atoms with van der Waals surface area (Å²) in [5, 5.41) is 20.5. The maximum atomic E-state index is 12.6. The maximum absolute atomic E-state index is 12.6. The molecule has 0 radical (unpaired) electrons. The Hall–Kier alpha value is -3.10.